The van der Waals surface area contributed by atoms with Crippen molar-refractivity contribution < 1.29 is 14.3 Å². The highest BCUT2D eigenvalue weighted by Gasteiger charge is 2.30. The van der Waals surface area contributed by atoms with Crippen LogP contribution < -0.4 is 10.1 Å². The van der Waals surface area contributed by atoms with Crippen LogP contribution in [0, 0.1) is 0 Å². The van der Waals surface area contributed by atoms with Crippen molar-refractivity contribution in [3.63, 3.8) is 0 Å². The molecule has 1 N–H and O–H groups in total. The summed E-state index contributed by atoms with van der Waals surface area (Å²) in [7, 11) is 0. The molecule has 3 rings (SSSR count). The van der Waals surface area contributed by atoms with Crippen LogP contribution in [0.3, 0.4) is 0 Å². The Morgan fingerprint density at radius 3 is 2.27 bits per heavy atom. The number of benzene rings is 3. The van der Waals surface area contributed by atoms with Crippen LogP contribution in [0.5, 0.6) is 5.75 Å². The van der Waals surface area contributed by atoms with Gasteiger partial charge in [-0.25, -0.2) is 0 Å². The average molecular weight is 530 g/mol. The molecule has 0 saturated carbocycles. The normalized spacial score (nSPS) is 11.5. The van der Waals surface area contributed by atoms with Crippen molar-refractivity contribution in [2.45, 2.75) is 25.9 Å². The van der Waals surface area contributed by atoms with Crippen molar-refractivity contribution in [3.05, 3.63) is 99.5 Å². The number of nitrogens with one attached hydrogen (secondary N) is 1. The Balaban J connectivity index is 1.87. The van der Waals surface area contributed by atoms with E-state index in [1.54, 1.807) is 29.2 Å². The molecule has 0 radical (unpaired) electrons. The standard InChI is InChI=1S/C26H26BrClN2O3/c1-2-29-26(32)24(16-19-6-4-3-5-7-19)30(17-20-8-12-22(28)13-9-20)25(31)18-33-23-14-10-21(27)11-15-23/h3-15,24H,2,16-18H2,1H3,(H,29,32)/t24-/m1/s1. The number of amides is 2. The number of hydrogen-bond acceptors (Lipinski definition) is 3. The summed E-state index contributed by atoms with van der Waals surface area (Å²) in [5.41, 5.74) is 1.84. The first-order chi connectivity index (χ1) is 16.0. The van der Waals surface area contributed by atoms with E-state index in [9.17, 15) is 9.59 Å². The molecule has 3 aromatic carbocycles. The lowest BCUT2D eigenvalue weighted by molar-refractivity contribution is -0.142. The molecule has 172 valence electrons. The molecule has 0 unspecified atom stereocenters. The molecule has 0 saturated heterocycles. The van der Waals surface area contributed by atoms with Gasteiger partial charge in [-0.05, 0) is 54.4 Å². The largest absolute Gasteiger partial charge is 0.484 e. The van der Waals surface area contributed by atoms with Crippen LogP contribution in [0.4, 0.5) is 0 Å². The number of likely N-dealkylation sites (N-methyl/N-ethyl adjacent to an activating group) is 1. The van der Waals surface area contributed by atoms with Gasteiger partial charge in [0.15, 0.2) is 6.61 Å². The fourth-order valence-corrected chi connectivity index (χ4v) is 3.78. The molecule has 33 heavy (non-hydrogen) atoms. The average Bonchev–Trinajstić information content (AvgIpc) is 2.82. The summed E-state index contributed by atoms with van der Waals surface area (Å²) in [6.07, 6.45) is 0.393. The lowest BCUT2D eigenvalue weighted by Gasteiger charge is -2.31. The molecule has 0 aliphatic rings. The first kappa shape index (κ1) is 24.8. The van der Waals surface area contributed by atoms with Gasteiger partial charge in [-0.1, -0.05) is 70.0 Å². The molecule has 0 aromatic heterocycles. The second-order valence-corrected chi connectivity index (χ2v) is 8.84. The Labute approximate surface area is 207 Å². The number of halogens is 2. The Bertz CT molecular complexity index is 1040. The van der Waals surface area contributed by atoms with Crippen LogP contribution in [0.15, 0.2) is 83.3 Å². The second-order valence-electron chi connectivity index (χ2n) is 7.49. The van der Waals surface area contributed by atoms with E-state index in [1.807, 2.05) is 61.5 Å². The highest BCUT2D eigenvalue weighted by atomic mass is 79.9. The number of nitrogens with zero attached hydrogens (tertiary/aromatic N) is 1. The van der Waals surface area contributed by atoms with Gasteiger partial charge in [-0.3, -0.25) is 9.59 Å². The molecule has 0 aliphatic carbocycles. The Morgan fingerprint density at radius 2 is 1.64 bits per heavy atom. The first-order valence-electron chi connectivity index (χ1n) is 10.7. The van der Waals surface area contributed by atoms with Crippen molar-refractivity contribution in [1.29, 1.82) is 0 Å². The summed E-state index contributed by atoms with van der Waals surface area (Å²) in [5, 5.41) is 3.49. The van der Waals surface area contributed by atoms with E-state index in [1.165, 1.54) is 0 Å². The third-order valence-electron chi connectivity index (χ3n) is 5.06. The smallest absolute Gasteiger partial charge is 0.261 e. The second kappa shape index (κ2) is 12.4. The van der Waals surface area contributed by atoms with E-state index in [0.29, 0.717) is 23.7 Å². The molecular formula is C26H26BrClN2O3. The van der Waals surface area contributed by atoms with Gasteiger partial charge in [0.2, 0.25) is 5.91 Å². The fraction of sp³-hybridized carbons (Fsp3) is 0.231. The van der Waals surface area contributed by atoms with Crippen LogP contribution in [-0.4, -0.2) is 35.9 Å². The molecule has 3 aromatic rings. The van der Waals surface area contributed by atoms with E-state index in [-0.39, 0.29) is 25.0 Å². The molecule has 5 nitrogen and oxygen atoms in total. The van der Waals surface area contributed by atoms with E-state index >= 15 is 0 Å². The highest BCUT2D eigenvalue weighted by Crippen LogP contribution is 2.19. The van der Waals surface area contributed by atoms with Gasteiger partial charge < -0.3 is 15.0 Å². The molecule has 2 amide bonds. The summed E-state index contributed by atoms with van der Waals surface area (Å²) >= 11 is 9.42. The summed E-state index contributed by atoms with van der Waals surface area (Å²) in [5.74, 6) is 0.1000. The maximum absolute atomic E-state index is 13.4. The molecule has 1 atom stereocenters. The van der Waals surface area contributed by atoms with Gasteiger partial charge in [0, 0.05) is 29.0 Å². The maximum Gasteiger partial charge on any atom is 0.261 e. The summed E-state index contributed by atoms with van der Waals surface area (Å²) < 4.78 is 6.66. The quantitative estimate of drug-likeness (QED) is 0.390. The Morgan fingerprint density at radius 1 is 0.970 bits per heavy atom. The van der Waals surface area contributed by atoms with Crippen LogP contribution in [0.25, 0.3) is 0 Å². The van der Waals surface area contributed by atoms with E-state index < -0.39 is 6.04 Å². The number of rotatable bonds is 10. The van der Waals surface area contributed by atoms with Crippen LogP contribution in [-0.2, 0) is 22.6 Å². The zero-order chi connectivity index (χ0) is 23.6. The summed E-state index contributed by atoms with van der Waals surface area (Å²) in [4.78, 5) is 28.0. The monoisotopic (exact) mass is 528 g/mol. The molecule has 0 heterocycles. The lowest BCUT2D eigenvalue weighted by atomic mass is 10.0. The van der Waals surface area contributed by atoms with Crippen molar-refractivity contribution in [3.8, 4) is 5.75 Å². The zero-order valence-corrected chi connectivity index (χ0v) is 20.7. The predicted molar refractivity (Wildman–Crippen MR) is 134 cm³/mol. The highest BCUT2D eigenvalue weighted by molar-refractivity contribution is 9.10. The van der Waals surface area contributed by atoms with Gasteiger partial charge >= 0.3 is 0 Å². The van der Waals surface area contributed by atoms with Crippen LogP contribution >= 0.6 is 27.5 Å². The minimum atomic E-state index is -0.691. The minimum Gasteiger partial charge on any atom is -0.484 e. The minimum absolute atomic E-state index is 0.181. The zero-order valence-electron chi connectivity index (χ0n) is 18.3. The van der Waals surface area contributed by atoms with Crippen molar-refractivity contribution in [2.75, 3.05) is 13.2 Å². The molecule has 7 heteroatoms. The van der Waals surface area contributed by atoms with Crippen LogP contribution in [0.1, 0.15) is 18.1 Å². The van der Waals surface area contributed by atoms with E-state index in [0.717, 1.165) is 15.6 Å². The summed E-state index contributed by atoms with van der Waals surface area (Å²) in [6, 6.07) is 23.5. The molecule has 0 spiro atoms. The summed E-state index contributed by atoms with van der Waals surface area (Å²) in [6.45, 7) is 2.41. The van der Waals surface area contributed by atoms with E-state index in [2.05, 4.69) is 21.2 Å². The molecule has 0 fully saturated rings. The third-order valence-corrected chi connectivity index (χ3v) is 5.84. The lowest BCUT2D eigenvalue weighted by Crippen LogP contribution is -2.51. The number of hydrogen-bond donors (Lipinski definition) is 1. The van der Waals surface area contributed by atoms with E-state index in [4.69, 9.17) is 16.3 Å². The Kier molecular flexibility index (Phi) is 9.34. The molecule has 0 aliphatic heterocycles. The third kappa shape index (κ3) is 7.62. The Hall–Kier alpha value is -2.83. The fourth-order valence-electron chi connectivity index (χ4n) is 3.39. The van der Waals surface area contributed by atoms with Gasteiger partial charge in [0.25, 0.3) is 5.91 Å². The van der Waals surface area contributed by atoms with Gasteiger partial charge in [0.05, 0.1) is 0 Å². The number of carbonyl (C=O) groups excluding carboxylic acids is 2. The number of carbonyl (C=O) groups is 2. The van der Waals surface area contributed by atoms with Gasteiger partial charge in [-0.2, -0.15) is 0 Å². The topological polar surface area (TPSA) is 58.6 Å². The maximum atomic E-state index is 13.4. The van der Waals surface area contributed by atoms with Gasteiger partial charge in [0.1, 0.15) is 11.8 Å². The number of ether oxygens (including phenoxy) is 1. The first-order valence-corrected chi connectivity index (χ1v) is 11.9. The molecule has 0 bridgehead atoms. The molecular weight excluding hydrogens is 504 g/mol. The van der Waals surface area contributed by atoms with Crippen molar-refractivity contribution in [2.24, 2.45) is 0 Å². The van der Waals surface area contributed by atoms with Gasteiger partial charge in [-0.15, -0.1) is 0 Å². The van der Waals surface area contributed by atoms with Crippen molar-refractivity contribution >= 4 is 39.3 Å². The van der Waals surface area contributed by atoms with Crippen molar-refractivity contribution in [1.82, 2.24) is 10.2 Å². The van der Waals surface area contributed by atoms with Crippen LogP contribution in [0.2, 0.25) is 5.02 Å². The SMILES string of the molecule is CCNC(=O)[C@@H](Cc1ccccc1)N(Cc1ccc(Cl)cc1)C(=O)COc1ccc(Br)cc1. The predicted octanol–water partition coefficient (Wildman–Crippen LogP) is 5.26.